The minimum absolute atomic E-state index is 0.299. The van der Waals surface area contributed by atoms with Crippen molar-refractivity contribution < 1.29 is 9.47 Å². The summed E-state index contributed by atoms with van der Waals surface area (Å²) >= 11 is 23.8. The Morgan fingerprint density at radius 3 is 2.52 bits per heavy atom. The maximum atomic E-state index is 6.30. The van der Waals surface area contributed by atoms with Crippen molar-refractivity contribution in [3.05, 3.63) is 63.2 Å². The van der Waals surface area contributed by atoms with Crippen LogP contribution in [0.5, 0.6) is 11.5 Å². The first-order valence-corrected chi connectivity index (χ1v) is 9.90. The van der Waals surface area contributed by atoms with Gasteiger partial charge in [-0.05, 0) is 42.0 Å². The maximum Gasteiger partial charge on any atom is 0.176 e. The maximum absolute atomic E-state index is 6.30. The van der Waals surface area contributed by atoms with Crippen molar-refractivity contribution in [2.24, 2.45) is 0 Å². The van der Waals surface area contributed by atoms with Crippen LogP contribution in [0.4, 0.5) is 11.5 Å². The molecule has 0 atom stereocenters. The average Bonchev–Trinajstić information content (AvgIpc) is 3.02. The predicted octanol–water partition coefficient (Wildman–Crippen LogP) is 5.72. The Morgan fingerprint density at radius 1 is 1.03 bits per heavy atom. The second kappa shape index (κ2) is 9.54. The molecule has 2 aromatic carbocycles. The molecule has 1 aromatic heterocycles. The van der Waals surface area contributed by atoms with Crippen LogP contribution in [0.3, 0.4) is 0 Å². The molecule has 0 unspecified atom stereocenters. The lowest BCUT2D eigenvalue weighted by Crippen LogP contribution is -2.20. The summed E-state index contributed by atoms with van der Waals surface area (Å²) in [4.78, 5) is 0. The van der Waals surface area contributed by atoms with Gasteiger partial charge in [0, 0.05) is 22.3 Å². The number of methoxy groups -OCH3 is 2. The molecule has 0 amide bonds. The summed E-state index contributed by atoms with van der Waals surface area (Å²) in [6, 6.07) is 10.6. The minimum Gasteiger partial charge on any atom is -0.497 e. The molecular formula is C19H17Cl3N4O2S. The van der Waals surface area contributed by atoms with Gasteiger partial charge in [-0.3, -0.25) is 4.68 Å². The molecule has 3 rings (SSSR count). The zero-order chi connectivity index (χ0) is 21.0. The summed E-state index contributed by atoms with van der Waals surface area (Å²) in [6.45, 7) is 0.432. The molecule has 0 fully saturated rings. The SMILES string of the molecule is COc1ccc(OC)c(NC(=S)Nc2nn(Cc3ccc(Cl)cc3Cl)cc2Cl)c1. The first-order valence-electron chi connectivity index (χ1n) is 8.36. The molecule has 0 aliphatic heterocycles. The highest BCUT2D eigenvalue weighted by Crippen LogP contribution is 2.29. The van der Waals surface area contributed by atoms with Gasteiger partial charge in [-0.15, -0.1) is 0 Å². The van der Waals surface area contributed by atoms with Gasteiger partial charge in [-0.25, -0.2) is 0 Å². The van der Waals surface area contributed by atoms with Crippen LogP contribution < -0.4 is 20.1 Å². The van der Waals surface area contributed by atoms with E-state index in [0.29, 0.717) is 49.7 Å². The van der Waals surface area contributed by atoms with E-state index in [1.807, 2.05) is 6.07 Å². The van der Waals surface area contributed by atoms with Crippen LogP contribution in [0.25, 0.3) is 0 Å². The number of thiocarbonyl (C=S) groups is 1. The van der Waals surface area contributed by atoms with Gasteiger partial charge in [0.25, 0.3) is 0 Å². The summed E-state index contributed by atoms with van der Waals surface area (Å²) in [5.74, 6) is 1.69. The van der Waals surface area contributed by atoms with E-state index in [2.05, 4.69) is 15.7 Å². The fraction of sp³-hybridized carbons (Fsp3) is 0.158. The highest BCUT2D eigenvalue weighted by Gasteiger charge is 2.12. The molecule has 0 radical (unpaired) electrons. The van der Waals surface area contributed by atoms with Gasteiger partial charge >= 0.3 is 0 Å². The van der Waals surface area contributed by atoms with Gasteiger partial charge < -0.3 is 20.1 Å². The quantitative estimate of drug-likeness (QED) is 0.449. The number of hydrogen-bond donors (Lipinski definition) is 2. The van der Waals surface area contributed by atoms with E-state index in [-0.39, 0.29) is 0 Å². The topological polar surface area (TPSA) is 60.3 Å². The summed E-state index contributed by atoms with van der Waals surface area (Å²) in [5.41, 5.74) is 1.51. The molecule has 1 heterocycles. The molecule has 0 bridgehead atoms. The van der Waals surface area contributed by atoms with E-state index in [1.54, 1.807) is 55.4 Å². The van der Waals surface area contributed by atoms with Crippen LogP contribution in [-0.2, 0) is 6.54 Å². The molecule has 0 aliphatic carbocycles. The third kappa shape index (κ3) is 5.45. The van der Waals surface area contributed by atoms with Gasteiger partial charge in [0.1, 0.15) is 16.5 Å². The molecule has 6 nitrogen and oxygen atoms in total. The number of aromatic nitrogens is 2. The molecule has 0 aliphatic rings. The summed E-state index contributed by atoms with van der Waals surface area (Å²) in [7, 11) is 3.16. The number of benzene rings is 2. The number of halogens is 3. The van der Waals surface area contributed by atoms with Crippen molar-refractivity contribution >= 4 is 63.6 Å². The van der Waals surface area contributed by atoms with E-state index in [9.17, 15) is 0 Å². The van der Waals surface area contributed by atoms with Crippen molar-refractivity contribution in [1.82, 2.24) is 9.78 Å². The van der Waals surface area contributed by atoms with Crippen LogP contribution in [0, 0.1) is 0 Å². The van der Waals surface area contributed by atoms with Crippen molar-refractivity contribution in [2.45, 2.75) is 6.54 Å². The Hall–Kier alpha value is -2.19. The van der Waals surface area contributed by atoms with Crippen LogP contribution in [-0.4, -0.2) is 29.1 Å². The number of anilines is 2. The average molecular weight is 472 g/mol. The normalized spacial score (nSPS) is 10.5. The Labute approximate surface area is 188 Å². The molecule has 152 valence electrons. The van der Waals surface area contributed by atoms with Crippen molar-refractivity contribution in [2.75, 3.05) is 24.9 Å². The van der Waals surface area contributed by atoms with Crippen LogP contribution >= 0.6 is 47.0 Å². The van der Waals surface area contributed by atoms with E-state index in [1.165, 1.54) is 0 Å². The number of nitrogens with zero attached hydrogens (tertiary/aromatic N) is 2. The Balaban J connectivity index is 1.71. The molecule has 3 aromatic rings. The van der Waals surface area contributed by atoms with Crippen LogP contribution in [0.15, 0.2) is 42.6 Å². The molecule has 10 heteroatoms. The fourth-order valence-corrected chi connectivity index (χ4v) is 3.43. The molecule has 2 N–H and O–H groups in total. The summed E-state index contributed by atoms with van der Waals surface area (Å²) in [6.07, 6.45) is 1.68. The van der Waals surface area contributed by atoms with E-state index in [0.717, 1.165) is 5.56 Å². The lowest BCUT2D eigenvalue weighted by atomic mass is 10.2. The number of nitrogens with one attached hydrogen (secondary N) is 2. The first kappa shape index (κ1) is 21.5. The van der Waals surface area contributed by atoms with E-state index < -0.39 is 0 Å². The predicted molar refractivity (Wildman–Crippen MR) is 122 cm³/mol. The fourth-order valence-electron chi connectivity index (χ4n) is 2.56. The standard InChI is InChI=1S/C19H17Cl3N4O2S/c1-27-13-5-6-17(28-2)16(8-13)23-19(29)24-18-15(22)10-26(25-18)9-11-3-4-12(20)7-14(11)21/h3-8,10H,9H2,1-2H3,(H2,23,24,25,29). The Bertz CT molecular complexity index is 1040. The van der Waals surface area contributed by atoms with E-state index in [4.69, 9.17) is 56.5 Å². The first-order chi connectivity index (χ1) is 13.9. The van der Waals surface area contributed by atoms with Gasteiger partial charge in [0.05, 0.1) is 26.5 Å². The van der Waals surface area contributed by atoms with Gasteiger partial charge in [0.2, 0.25) is 0 Å². The van der Waals surface area contributed by atoms with Gasteiger partial charge in [0.15, 0.2) is 10.9 Å². The number of rotatable bonds is 6. The van der Waals surface area contributed by atoms with Crippen molar-refractivity contribution in [3.8, 4) is 11.5 Å². The molecule has 0 saturated heterocycles. The Kier molecular flexibility index (Phi) is 7.08. The van der Waals surface area contributed by atoms with Crippen molar-refractivity contribution in [1.29, 1.82) is 0 Å². The smallest absolute Gasteiger partial charge is 0.176 e. The molecule has 0 saturated carbocycles. The lowest BCUT2D eigenvalue weighted by Gasteiger charge is -2.13. The zero-order valence-corrected chi connectivity index (χ0v) is 18.6. The highest BCUT2D eigenvalue weighted by atomic mass is 35.5. The molecule has 0 spiro atoms. The largest absolute Gasteiger partial charge is 0.497 e. The summed E-state index contributed by atoms with van der Waals surface area (Å²) in [5, 5.41) is 12.3. The minimum atomic E-state index is 0.299. The molecular weight excluding hydrogens is 455 g/mol. The Morgan fingerprint density at radius 2 is 1.83 bits per heavy atom. The van der Waals surface area contributed by atoms with Gasteiger partial charge in [-0.2, -0.15) is 5.10 Å². The second-order valence-corrected chi connectivity index (χ2v) is 7.56. The third-order valence-corrected chi connectivity index (χ3v) is 5.02. The van der Waals surface area contributed by atoms with E-state index >= 15 is 0 Å². The van der Waals surface area contributed by atoms with Crippen LogP contribution in [0.2, 0.25) is 15.1 Å². The summed E-state index contributed by atoms with van der Waals surface area (Å²) < 4.78 is 12.2. The van der Waals surface area contributed by atoms with Gasteiger partial charge in [-0.1, -0.05) is 40.9 Å². The second-order valence-electron chi connectivity index (χ2n) is 5.90. The zero-order valence-electron chi connectivity index (χ0n) is 15.5. The monoisotopic (exact) mass is 470 g/mol. The lowest BCUT2D eigenvalue weighted by molar-refractivity contribution is 0.405. The number of hydrogen-bond acceptors (Lipinski definition) is 4. The number of ether oxygens (including phenoxy) is 2. The van der Waals surface area contributed by atoms with Crippen molar-refractivity contribution in [3.63, 3.8) is 0 Å². The molecule has 29 heavy (non-hydrogen) atoms. The highest BCUT2D eigenvalue weighted by molar-refractivity contribution is 7.80. The van der Waals surface area contributed by atoms with Crippen LogP contribution in [0.1, 0.15) is 5.56 Å². The third-order valence-electron chi connectivity index (χ3n) is 3.95.